The summed E-state index contributed by atoms with van der Waals surface area (Å²) in [6, 6.07) is 14.7. The predicted octanol–water partition coefficient (Wildman–Crippen LogP) is 3.12. The van der Waals surface area contributed by atoms with E-state index in [2.05, 4.69) is 20.8 Å². The molecule has 3 aromatic rings. The summed E-state index contributed by atoms with van der Waals surface area (Å²) in [5.41, 5.74) is 1.77. The fourth-order valence-electron chi connectivity index (χ4n) is 2.28. The fourth-order valence-corrected chi connectivity index (χ4v) is 3.24. The number of nitrogens with one attached hydrogen (secondary N) is 1. The van der Waals surface area contributed by atoms with E-state index in [-0.39, 0.29) is 11.2 Å². The van der Waals surface area contributed by atoms with Crippen molar-refractivity contribution in [3.63, 3.8) is 0 Å². The van der Waals surface area contributed by atoms with Crippen LogP contribution in [0.3, 0.4) is 0 Å². The zero-order valence-electron chi connectivity index (χ0n) is 14.8. The lowest BCUT2D eigenvalue weighted by Gasteiger charge is -2.12. The van der Waals surface area contributed by atoms with Gasteiger partial charge in [0.05, 0.1) is 18.0 Å². The molecular weight excluding hydrogens is 386 g/mol. The molecule has 0 saturated heterocycles. The molecule has 0 aliphatic carbocycles. The normalized spacial score (nSPS) is 11.8. The second-order valence-electron chi connectivity index (χ2n) is 5.68. The van der Waals surface area contributed by atoms with E-state index in [0.29, 0.717) is 16.7 Å². The number of aromatic nitrogens is 4. The standard InChI is InChI=1S/C18H18ClN5O2S/c1-12(17(25)20-11-13-3-9-16(26-2)10-4-13)27-18-21-22-23-24(18)15-7-5-14(19)6-8-15/h3-10,12H,11H2,1-2H3,(H,20,25)/t12-/m0/s1. The zero-order chi connectivity index (χ0) is 19.2. The first kappa shape index (κ1) is 19.2. The Balaban J connectivity index is 1.60. The molecular formula is C18H18ClN5O2S. The van der Waals surface area contributed by atoms with Crippen molar-refractivity contribution in [1.82, 2.24) is 25.5 Å². The van der Waals surface area contributed by atoms with Gasteiger partial charge in [0.1, 0.15) is 5.75 Å². The second kappa shape index (κ2) is 8.88. The van der Waals surface area contributed by atoms with Gasteiger partial charge in [-0.05, 0) is 59.3 Å². The molecule has 1 N–H and O–H groups in total. The van der Waals surface area contributed by atoms with E-state index in [9.17, 15) is 4.79 Å². The molecule has 0 spiro atoms. The first-order chi connectivity index (χ1) is 13.1. The second-order valence-corrected chi connectivity index (χ2v) is 7.42. The Kier molecular flexibility index (Phi) is 6.31. The lowest BCUT2D eigenvalue weighted by molar-refractivity contribution is -0.120. The van der Waals surface area contributed by atoms with Gasteiger partial charge >= 0.3 is 0 Å². The predicted molar refractivity (Wildman–Crippen MR) is 104 cm³/mol. The number of nitrogens with zero attached hydrogens (tertiary/aromatic N) is 4. The van der Waals surface area contributed by atoms with Crippen molar-refractivity contribution in [2.24, 2.45) is 0 Å². The van der Waals surface area contributed by atoms with Crippen LogP contribution in [0.15, 0.2) is 53.7 Å². The van der Waals surface area contributed by atoms with Crippen molar-refractivity contribution in [3.05, 3.63) is 59.1 Å². The van der Waals surface area contributed by atoms with Gasteiger partial charge in [0.15, 0.2) is 0 Å². The molecule has 0 aliphatic heterocycles. The lowest BCUT2D eigenvalue weighted by atomic mass is 10.2. The number of methoxy groups -OCH3 is 1. The molecule has 1 atom stereocenters. The van der Waals surface area contributed by atoms with Crippen LogP contribution in [0.5, 0.6) is 5.75 Å². The van der Waals surface area contributed by atoms with Crippen LogP contribution < -0.4 is 10.1 Å². The summed E-state index contributed by atoms with van der Waals surface area (Å²) in [5, 5.41) is 15.4. The van der Waals surface area contributed by atoms with Gasteiger partial charge in [-0.1, -0.05) is 35.5 Å². The third kappa shape index (κ3) is 4.99. The van der Waals surface area contributed by atoms with E-state index in [0.717, 1.165) is 17.0 Å². The minimum Gasteiger partial charge on any atom is -0.497 e. The van der Waals surface area contributed by atoms with Gasteiger partial charge in [0, 0.05) is 11.6 Å². The van der Waals surface area contributed by atoms with Crippen LogP contribution in [0.1, 0.15) is 12.5 Å². The van der Waals surface area contributed by atoms with Gasteiger partial charge < -0.3 is 10.1 Å². The molecule has 27 heavy (non-hydrogen) atoms. The quantitative estimate of drug-likeness (QED) is 0.610. The third-order valence-corrected chi connectivity index (χ3v) is 5.07. The highest BCUT2D eigenvalue weighted by Gasteiger charge is 2.19. The maximum Gasteiger partial charge on any atom is 0.233 e. The number of carbonyl (C=O) groups excluding carboxylic acids is 1. The van der Waals surface area contributed by atoms with Crippen LogP contribution in [0.2, 0.25) is 5.02 Å². The number of carbonyl (C=O) groups is 1. The van der Waals surface area contributed by atoms with Gasteiger partial charge in [-0.25, -0.2) is 0 Å². The Morgan fingerprint density at radius 3 is 2.59 bits per heavy atom. The van der Waals surface area contributed by atoms with Gasteiger partial charge in [0.2, 0.25) is 11.1 Å². The Labute approximate surface area is 166 Å². The lowest BCUT2D eigenvalue weighted by Crippen LogP contribution is -2.30. The summed E-state index contributed by atoms with van der Waals surface area (Å²) in [6.45, 7) is 2.25. The molecule has 0 unspecified atom stereocenters. The van der Waals surface area contributed by atoms with Gasteiger partial charge in [-0.15, -0.1) is 5.10 Å². The third-order valence-electron chi connectivity index (χ3n) is 3.79. The van der Waals surface area contributed by atoms with Gasteiger partial charge in [-0.2, -0.15) is 4.68 Å². The van der Waals surface area contributed by atoms with Crippen molar-refractivity contribution < 1.29 is 9.53 Å². The first-order valence-electron chi connectivity index (χ1n) is 8.18. The van der Waals surface area contributed by atoms with Crippen molar-refractivity contribution in [3.8, 4) is 11.4 Å². The zero-order valence-corrected chi connectivity index (χ0v) is 16.4. The molecule has 1 aromatic heterocycles. The molecule has 2 aromatic carbocycles. The SMILES string of the molecule is COc1ccc(CNC(=O)[C@H](C)Sc2nnnn2-c2ccc(Cl)cc2)cc1. The summed E-state index contributed by atoms with van der Waals surface area (Å²) < 4.78 is 6.70. The van der Waals surface area contributed by atoms with Crippen LogP contribution in [-0.2, 0) is 11.3 Å². The van der Waals surface area contributed by atoms with Crippen LogP contribution in [0, 0.1) is 0 Å². The highest BCUT2D eigenvalue weighted by molar-refractivity contribution is 8.00. The molecule has 0 radical (unpaired) electrons. The first-order valence-corrected chi connectivity index (χ1v) is 9.44. The number of halogens is 1. The average molecular weight is 404 g/mol. The molecule has 1 amide bonds. The molecule has 0 aliphatic rings. The Bertz CT molecular complexity index is 899. The maximum atomic E-state index is 12.4. The Morgan fingerprint density at radius 1 is 1.22 bits per heavy atom. The van der Waals surface area contributed by atoms with Crippen LogP contribution in [-0.4, -0.2) is 38.5 Å². The number of tetrazole rings is 1. The minimum absolute atomic E-state index is 0.0959. The number of hydrogen-bond donors (Lipinski definition) is 1. The molecule has 9 heteroatoms. The molecule has 3 rings (SSSR count). The summed E-state index contributed by atoms with van der Waals surface area (Å²) in [7, 11) is 1.62. The van der Waals surface area contributed by atoms with E-state index in [1.54, 1.807) is 23.9 Å². The van der Waals surface area contributed by atoms with Crippen molar-refractivity contribution in [1.29, 1.82) is 0 Å². The van der Waals surface area contributed by atoms with E-state index in [1.165, 1.54) is 11.8 Å². The summed E-state index contributed by atoms with van der Waals surface area (Å²) in [5.74, 6) is 0.685. The molecule has 1 heterocycles. The number of amides is 1. The molecule has 7 nitrogen and oxygen atoms in total. The van der Waals surface area contributed by atoms with Crippen LogP contribution in [0.25, 0.3) is 5.69 Å². The van der Waals surface area contributed by atoms with E-state index in [4.69, 9.17) is 16.3 Å². The maximum absolute atomic E-state index is 12.4. The molecule has 0 saturated carbocycles. The average Bonchev–Trinajstić information content (AvgIpc) is 3.15. The topological polar surface area (TPSA) is 81.9 Å². The highest BCUT2D eigenvalue weighted by Crippen LogP contribution is 2.23. The van der Waals surface area contributed by atoms with E-state index in [1.807, 2.05) is 43.3 Å². The minimum atomic E-state index is -0.361. The summed E-state index contributed by atoms with van der Waals surface area (Å²) in [4.78, 5) is 12.4. The summed E-state index contributed by atoms with van der Waals surface area (Å²) >= 11 is 7.20. The highest BCUT2D eigenvalue weighted by atomic mass is 35.5. The summed E-state index contributed by atoms with van der Waals surface area (Å²) in [6.07, 6.45) is 0. The van der Waals surface area contributed by atoms with Crippen LogP contribution >= 0.6 is 23.4 Å². The number of thioether (sulfide) groups is 1. The van der Waals surface area contributed by atoms with E-state index >= 15 is 0 Å². The van der Waals surface area contributed by atoms with Crippen molar-refractivity contribution in [2.45, 2.75) is 23.9 Å². The number of rotatable bonds is 7. The molecule has 140 valence electrons. The van der Waals surface area contributed by atoms with Gasteiger partial charge in [-0.3, -0.25) is 4.79 Å². The largest absolute Gasteiger partial charge is 0.497 e. The number of benzene rings is 2. The Morgan fingerprint density at radius 2 is 1.93 bits per heavy atom. The number of ether oxygens (including phenoxy) is 1. The van der Waals surface area contributed by atoms with E-state index < -0.39 is 0 Å². The van der Waals surface area contributed by atoms with Crippen molar-refractivity contribution >= 4 is 29.3 Å². The Hall–Kier alpha value is -2.58. The number of hydrogen-bond acceptors (Lipinski definition) is 6. The fraction of sp³-hybridized carbons (Fsp3) is 0.222. The van der Waals surface area contributed by atoms with Crippen molar-refractivity contribution in [2.75, 3.05) is 7.11 Å². The smallest absolute Gasteiger partial charge is 0.233 e. The molecule has 0 fully saturated rings. The monoisotopic (exact) mass is 403 g/mol. The van der Waals surface area contributed by atoms with Gasteiger partial charge in [0.25, 0.3) is 0 Å². The molecule has 0 bridgehead atoms. The van der Waals surface area contributed by atoms with Crippen LogP contribution in [0.4, 0.5) is 0 Å².